The van der Waals surface area contributed by atoms with E-state index in [2.05, 4.69) is 30.3 Å². The first-order valence-electron chi connectivity index (χ1n) is 20.1. The van der Waals surface area contributed by atoms with Crippen LogP contribution in [-0.4, -0.2) is 49.1 Å². The topological polar surface area (TPSA) is 99.5 Å². The number of hydrogen-bond donors (Lipinski definition) is 0. The Morgan fingerprint density at radius 1 is 0.789 bits per heavy atom. The van der Waals surface area contributed by atoms with E-state index in [4.69, 9.17) is 23.9 Å². The van der Waals surface area contributed by atoms with Crippen LogP contribution in [0.2, 0.25) is 0 Å². The molecule has 2 aliphatic heterocycles. The molecule has 1 aromatic heterocycles. The lowest BCUT2D eigenvalue weighted by Gasteiger charge is -2.44. The second kappa shape index (κ2) is 17.5. The fourth-order valence-electron chi connectivity index (χ4n) is 7.86. The standard InChI is InChI=1S/C48H51N3O6/c1-5-44(52)55-31-14-12-10-8-6-7-9-11-13-30-54-37-23-21-35(22-24-37)34-17-19-36(20-18-34)46(53)56-38-25-27-42-40(32-38)47(2,3)48(51(42)4)33-50-45-39-16-15-29-49-41(39)26-28-43(45)57-48/h5,15-29,32-33H,1,6-14,30-31H2,2-4H3. The molecule has 2 aliphatic rings. The summed E-state index contributed by atoms with van der Waals surface area (Å²) in [5.41, 5.74) is 4.71. The average molecular weight is 766 g/mol. The first kappa shape index (κ1) is 39.3. The number of anilines is 1. The van der Waals surface area contributed by atoms with Gasteiger partial charge in [0.15, 0.2) is 0 Å². The van der Waals surface area contributed by atoms with Crippen molar-refractivity contribution in [1.29, 1.82) is 0 Å². The van der Waals surface area contributed by atoms with Crippen LogP contribution in [0, 0.1) is 0 Å². The lowest BCUT2D eigenvalue weighted by molar-refractivity contribution is -0.137. The van der Waals surface area contributed by atoms with Gasteiger partial charge in [-0.2, -0.15) is 0 Å². The molecule has 0 saturated heterocycles. The molecule has 0 amide bonds. The highest BCUT2D eigenvalue weighted by Gasteiger charge is 2.58. The van der Waals surface area contributed by atoms with Gasteiger partial charge in [0.25, 0.3) is 0 Å². The van der Waals surface area contributed by atoms with Crippen molar-refractivity contribution in [2.24, 2.45) is 4.99 Å². The number of carbonyl (C=O) groups is 2. The van der Waals surface area contributed by atoms with Crippen LogP contribution >= 0.6 is 0 Å². The lowest BCUT2D eigenvalue weighted by Crippen LogP contribution is -2.61. The van der Waals surface area contributed by atoms with Gasteiger partial charge in [-0.25, -0.2) is 9.59 Å². The third-order valence-electron chi connectivity index (χ3n) is 11.2. The smallest absolute Gasteiger partial charge is 0.343 e. The number of esters is 2. The molecule has 5 aromatic rings. The van der Waals surface area contributed by atoms with Crippen molar-refractivity contribution < 1.29 is 28.5 Å². The fourth-order valence-corrected chi connectivity index (χ4v) is 7.86. The van der Waals surface area contributed by atoms with Crippen molar-refractivity contribution in [2.75, 3.05) is 25.2 Å². The zero-order chi connectivity index (χ0) is 39.8. The minimum absolute atomic E-state index is 0.341. The molecule has 1 atom stereocenters. The second-order valence-electron chi connectivity index (χ2n) is 15.3. The maximum Gasteiger partial charge on any atom is 0.343 e. The van der Waals surface area contributed by atoms with E-state index in [0.717, 1.165) is 70.4 Å². The van der Waals surface area contributed by atoms with Crippen molar-refractivity contribution in [2.45, 2.75) is 82.8 Å². The summed E-state index contributed by atoms with van der Waals surface area (Å²) in [6, 6.07) is 29.1. The molecule has 0 N–H and O–H groups in total. The van der Waals surface area contributed by atoms with E-state index in [1.807, 2.05) is 92.1 Å². The van der Waals surface area contributed by atoms with Crippen LogP contribution in [0.15, 0.2) is 115 Å². The predicted molar refractivity (Wildman–Crippen MR) is 226 cm³/mol. The third-order valence-corrected chi connectivity index (χ3v) is 11.2. The number of likely N-dealkylation sites (N-methyl/N-ethyl adjacent to an activating group) is 1. The SMILES string of the molecule is C=CC(=O)OCCCCCCCCCCCOc1ccc(-c2ccc(C(=O)Oc3ccc4c(c3)C(C)(C)C3(C=Nc5c(ccc6ncccc56)O3)N4C)cc2)cc1. The highest BCUT2D eigenvalue weighted by molar-refractivity contribution is 5.98. The molecule has 0 saturated carbocycles. The molecule has 3 heterocycles. The fraction of sp³-hybridized carbons (Fsp3) is 0.333. The Hall–Kier alpha value is -5.96. The number of aromatic nitrogens is 1. The Bertz CT molecular complexity index is 2250. The van der Waals surface area contributed by atoms with E-state index in [1.54, 1.807) is 18.3 Å². The Balaban J connectivity index is 0.869. The number of ether oxygens (including phenoxy) is 4. The molecule has 57 heavy (non-hydrogen) atoms. The number of carbonyl (C=O) groups excluding carboxylic acids is 2. The summed E-state index contributed by atoms with van der Waals surface area (Å²) in [6.45, 7) is 8.84. The third kappa shape index (κ3) is 8.43. The zero-order valence-electron chi connectivity index (χ0n) is 33.2. The van der Waals surface area contributed by atoms with E-state index < -0.39 is 17.1 Å². The molecule has 9 nitrogen and oxygen atoms in total. The van der Waals surface area contributed by atoms with E-state index >= 15 is 0 Å². The summed E-state index contributed by atoms with van der Waals surface area (Å²) in [5.74, 6) is 1.26. The van der Waals surface area contributed by atoms with Crippen molar-refractivity contribution >= 4 is 40.4 Å². The van der Waals surface area contributed by atoms with Crippen LogP contribution in [0.5, 0.6) is 17.2 Å². The molecule has 0 aliphatic carbocycles. The number of rotatable bonds is 17. The number of benzene rings is 4. The van der Waals surface area contributed by atoms with Crippen molar-refractivity contribution in [3.63, 3.8) is 0 Å². The molecule has 9 heteroatoms. The number of unbranched alkanes of at least 4 members (excludes halogenated alkanes) is 8. The maximum atomic E-state index is 13.3. The van der Waals surface area contributed by atoms with Crippen molar-refractivity contribution in [3.8, 4) is 28.4 Å². The number of aliphatic imine (C=N–C) groups is 1. The molecular weight excluding hydrogens is 715 g/mol. The molecule has 0 radical (unpaired) electrons. The molecular formula is C48H51N3O6. The largest absolute Gasteiger partial charge is 0.494 e. The minimum Gasteiger partial charge on any atom is -0.494 e. The maximum absolute atomic E-state index is 13.3. The first-order valence-corrected chi connectivity index (χ1v) is 20.1. The van der Waals surface area contributed by atoms with Gasteiger partial charge >= 0.3 is 11.9 Å². The van der Waals surface area contributed by atoms with Crippen LogP contribution in [0.25, 0.3) is 22.0 Å². The number of hydrogen-bond acceptors (Lipinski definition) is 9. The van der Waals surface area contributed by atoms with Crippen LogP contribution in [-0.2, 0) is 14.9 Å². The van der Waals surface area contributed by atoms with Gasteiger partial charge in [0, 0.05) is 30.4 Å². The van der Waals surface area contributed by atoms with Gasteiger partial charge in [0.05, 0.1) is 35.9 Å². The van der Waals surface area contributed by atoms with Gasteiger partial charge in [0.1, 0.15) is 22.9 Å². The highest BCUT2D eigenvalue weighted by atomic mass is 16.5. The normalized spacial score (nSPS) is 16.2. The molecule has 1 spiro atoms. The number of fused-ring (bicyclic) bond motifs is 4. The van der Waals surface area contributed by atoms with Crippen LogP contribution < -0.4 is 19.1 Å². The summed E-state index contributed by atoms with van der Waals surface area (Å²) in [6.07, 6.45) is 15.2. The average Bonchev–Trinajstić information content (AvgIpc) is 3.39. The summed E-state index contributed by atoms with van der Waals surface area (Å²) in [7, 11) is 2.01. The van der Waals surface area contributed by atoms with Crippen LogP contribution in [0.3, 0.4) is 0 Å². The van der Waals surface area contributed by atoms with Crippen molar-refractivity contribution in [3.05, 3.63) is 121 Å². The molecule has 0 bridgehead atoms. The van der Waals surface area contributed by atoms with Gasteiger partial charge in [0.2, 0.25) is 5.72 Å². The van der Waals surface area contributed by atoms with Crippen LogP contribution in [0.1, 0.15) is 87.6 Å². The van der Waals surface area contributed by atoms with Crippen molar-refractivity contribution in [1.82, 2.24) is 4.98 Å². The minimum atomic E-state index is -0.879. The second-order valence-corrected chi connectivity index (χ2v) is 15.3. The monoisotopic (exact) mass is 765 g/mol. The van der Waals surface area contributed by atoms with E-state index in [0.29, 0.717) is 30.3 Å². The summed E-state index contributed by atoms with van der Waals surface area (Å²) in [4.78, 5) is 35.9. The molecule has 4 aromatic carbocycles. The van der Waals surface area contributed by atoms with Gasteiger partial charge in [-0.15, -0.1) is 0 Å². The van der Waals surface area contributed by atoms with E-state index in [9.17, 15) is 9.59 Å². The number of nitrogens with zero attached hydrogens (tertiary/aromatic N) is 3. The van der Waals surface area contributed by atoms with E-state index in [-0.39, 0.29) is 5.97 Å². The Kier molecular flexibility index (Phi) is 12.0. The Labute approximate surface area is 335 Å². The van der Waals surface area contributed by atoms with Gasteiger partial charge < -0.3 is 23.8 Å². The zero-order valence-corrected chi connectivity index (χ0v) is 33.2. The molecule has 0 fully saturated rings. The molecule has 7 rings (SSSR count). The Morgan fingerprint density at radius 2 is 1.44 bits per heavy atom. The van der Waals surface area contributed by atoms with Gasteiger partial charge in [-0.3, -0.25) is 9.98 Å². The molecule has 1 unspecified atom stereocenters. The number of pyridine rings is 1. The van der Waals surface area contributed by atoms with Crippen LogP contribution in [0.4, 0.5) is 11.4 Å². The summed E-state index contributed by atoms with van der Waals surface area (Å²) < 4.78 is 23.8. The predicted octanol–water partition coefficient (Wildman–Crippen LogP) is 11.0. The summed E-state index contributed by atoms with van der Waals surface area (Å²) in [5, 5.41) is 0.943. The Morgan fingerprint density at radius 3 is 2.14 bits per heavy atom. The van der Waals surface area contributed by atoms with E-state index in [1.165, 1.54) is 38.2 Å². The quantitative estimate of drug-likeness (QED) is 0.0399. The lowest BCUT2D eigenvalue weighted by atomic mass is 9.77. The first-order chi connectivity index (χ1) is 27.7. The van der Waals surface area contributed by atoms with Gasteiger partial charge in [-0.05, 0) is 110 Å². The van der Waals surface area contributed by atoms with Gasteiger partial charge in [-0.1, -0.05) is 75.8 Å². The highest BCUT2D eigenvalue weighted by Crippen LogP contribution is 2.54. The molecule has 294 valence electrons. The summed E-state index contributed by atoms with van der Waals surface area (Å²) >= 11 is 0.